The van der Waals surface area contributed by atoms with Crippen molar-refractivity contribution in [3.63, 3.8) is 0 Å². The summed E-state index contributed by atoms with van der Waals surface area (Å²) in [6.07, 6.45) is 60.3. The molecule has 1 rings (SSSR count). The molecule has 1 saturated heterocycles. The molecule has 0 saturated carbocycles. The number of allylic oxidation sites excluding steroid dienone is 5. The number of esters is 1. The molecule has 0 bridgehead atoms. The van der Waals surface area contributed by atoms with Crippen LogP contribution in [0, 0.1) is 5.92 Å². The summed E-state index contributed by atoms with van der Waals surface area (Å²) in [7, 11) is 0. The Kier molecular flexibility index (Phi) is 34.4. The van der Waals surface area contributed by atoms with Gasteiger partial charge in [-0.25, -0.2) is 0 Å². The van der Waals surface area contributed by atoms with Crippen LogP contribution in [0.4, 0.5) is 0 Å². The lowest BCUT2D eigenvalue weighted by Gasteiger charge is -2.28. The van der Waals surface area contributed by atoms with E-state index in [0.29, 0.717) is 0 Å². The van der Waals surface area contributed by atoms with Gasteiger partial charge < -0.3 is 4.74 Å². The van der Waals surface area contributed by atoms with Gasteiger partial charge in [0.25, 0.3) is 0 Å². The van der Waals surface area contributed by atoms with E-state index in [4.69, 9.17) is 4.74 Å². The summed E-state index contributed by atoms with van der Waals surface area (Å²) in [5.74, 6) is 1.08. The Balaban J connectivity index is 1.80. The van der Waals surface area contributed by atoms with Crippen molar-refractivity contribution in [2.45, 2.75) is 245 Å². The zero-order valence-corrected chi connectivity index (χ0v) is 32.7. The average Bonchev–Trinajstić information content (AvgIpc) is 3.09. The van der Waals surface area contributed by atoms with Crippen LogP contribution in [0.15, 0.2) is 36.1 Å². The van der Waals surface area contributed by atoms with E-state index in [1.165, 1.54) is 218 Å². The first kappa shape index (κ1) is 44.7. The minimum Gasteiger partial charge on any atom is -0.430 e. The van der Waals surface area contributed by atoms with Crippen LogP contribution in [0.25, 0.3) is 0 Å². The van der Waals surface area contributed by atoms with Crippen molar-refractivity contribution >= 4 is 5.97 Å². The molecule has 1 unspecified atom stereocenters. The van der Waals surface area contributed by atoms with Gasteiger partial charge in [0.15, 0.2) is 0 Å². The zero-order valence-electron chi connectivity index (χ0n) is 32.7. The minimum absolute atomic E-state index is 0.0205. The smallest absolute Gasteiger partial charge is 0.321 e. The first-order valence-electron chi connectivity index (χ1n) is 22.0. The number of carbonyl (C=O) groups excluding carboxylic acids is 1. The van der Waals surface area contributed by atoms with Gasteiger partial charge in [0.05, 0.1) is 0 Å². The average molecular weight is 669 g/mol. The van der Waals surface area contributed by atoms with Gasteiger partial charge in [-0.2, -0.15) is 0 Å². The SMILES string of the molecule is CC/C=C/CCCCCCCCCCCCCCCCC/C=C1/OC(=O)C1CCCCCCCCCCCCCCCCC/C=C/CC. The van der Waals surface area contributed by atoms with Crippen molar-refractivity contribution in [3.05, 3.63) is 36.1 Å². The lowest BCUT2D eigenvalue weighted by molar-refractivity contribution is -0.157. The molecule has 280 valence electrons. The van der Waals surface area contributed by atoms with E-state index in [1.54, 1.807) is 0 Å². The fraction of sp³-hybridized carbons (Fsp3) is 0.848. The number of hydrogen-bond donors (Lipinski definition) is 0. The van der Waals surface area contributed by atoms with E-state index in [1.807, 2.05) is 0 Å². The van der Waals surface area contributed by atoms with Gasteiger partial charge in [0.2, 0.25) is 0 Å². The standard InChI is InChI=1S/C46H84O2/c1-3-5-7-9-11-13-15-17-19-21-23-25-27-29-31-33-35-37-39-41-43-45-44(46(47)48-45)42-40-38-36-34-32-30-28-26-24-22-20-18-16-14-12-10-8-6-4-2/h5-8,43-44H,3-4,9-42H2,1-2H3/b7-5+,8-6+,45-43+. The van der Waals surface area contributed by atoms with Crippen molar-refractivity contribution in [1.82, 2.24) is 0 Å². The lowest BCUT2D eigenvalue weighted by atomic mass is 9.93. The minimum atomic E-state index is 0.0205. The van der Waals surface area contributed by atoms with E-state index in [2.05, 4.69) is 44.2 Å². The molecule has 48 heavy (non-hydrogen) atoms. The number of hydrogen-bond acceptors (Lipinski definition) is 2. The summed E-state index contributed by atoms with van der Waals surface area (Å²) in [5, 5.41) is 0. The molecule has 2 nitrogen and oxygen atoms in total. The molecule has 0 aromatic carbocycles. The van der Waals surface area contributed by atoms with Crippen LogP contribution >= 0.6 is 0 Å². The molecule has 1 aliphatic heterocycles. The fourth-order valence-corrected chi connectivity index (χ4v) is 7.19. The van der Waals surface area contributed by atoms with Crippen molar-refractivity contribution in [2.75, 3.05) is 0 Å². The van der Waals surface area contributed by atoms with Gasteiger partial charge >= 0.3 is 5.97 Å². The van der Waals surface area contributed by atoms with Gasteiger partial charge in [-0.1, -0.05) is 212 Å². The van der Waals surface area contributed by atoms with Crippen molar-refractivity contribution in [1.29, 1.82) is 0 Å². The zero-order chi connectivity index (χ0) is 34.4. The van der Waals surface area contributed by atoms with Gasteiger partial charge in [-0.05, 0) is 63.9 Å². The van der Waals surface area contributed by atoms with Crippen molar-refractivity contribution in [3.8, 4) is 0 Å². The summed E-state index contributed by atoms with van der Waals surface area (Å²) in [5.41, 5.74) is 0. The molecule has 0 N–H and O–H groups in total. The molecular formula is C46H84O2. The monoisotopic (exact) mass is 669 g/mol. The highest BCUT2D eigenvalue weighted by Crippen LogP contribution is 2.32. The summed E-state index contributed by atoms with van der Waals surface area (Å²) < 4.78 is 5.40. The maximum Gasteiger partial charge on any atom is 0.321 e. The van der Waals surface area contributed by atoms with Gasteiger partial charge in [-0.3, -0.25) is 4.79 Å². The third-order valence-corrected chi connectivity index (χ3v) is 10.4. The second-order valence-corrected chi connectivity index (χ2v) is 15.1. The molecule has 0 spiro atoms. The highest BCUT2D eigenvalue weighted by Gasteiger charge is 2.36. The third kappa shape index (κ3) is 29.6. The molecule has 1 aliphatic rings. The molecule has 1 atom stereocenters. The van der Waals surface area contributed by atoms with Crippen LogP contribution in [0.3, 0.4) is 0 Å². The second kappa shape index (κ2) is 37.0. The molecule has 2 heteroatoms. The molecule has 0 radical (unpaired) electrons. The van der Waals surface area contributed by atoms with E-state index >= 15 is 0 Å². The van der Waals surface area contributed by atoms with Crippen molar-refractivity contribution in [2.24, 2.45) is 5.92 Å². The Bertz CT molecular complexity index is 762. The topological polar surface area (TPSA) is 26.3 Å². The Hall–Kier alpha value is -1.31. The Labute approximate surface area is 301 Å². The first-order valence-corrected chi connectivity index (χ1v) is 22.0. The highest BCUT2D eigenvalue weighted by atomic mass is 16.6. The van der Waals surface area contributed by atoms with E-state index in [-0.39, 0.29) is 11.9 Å². The molecule has 0 amide bonds. The summed E-state index contributed by atoms with van der Waals surface area (Å²) in [6.45, 7) is 4.43. The molecule has 0 aliphatic carbocycles. The number of cyclic esters (lactones) is 1. The predicted octanol–water partition coefficient (Wildman–Crippen LogP) is 16.2. The molecule has 1 heterocycles. The van der Waals surface area contributed by atoms with Crippen LogP contribution in [0.5, 0.6) is 0 Å². The first-order chi connectivity index (χ1) is 23.8. The fourth-order valence-electron chi connectivity index (χ4n) is 7.19. The largest absolute Gasteiger partial charge is 0.430 e. The van der Waals surface area contributed by atoms with Gasteiger partial charge in [0.1, 0.15) is 11.7 Å². The summed E-state index contributed by atoms with van der Waals surface area (Å²) in [6, 6.07) is 0. The highest BCUT2D eigenvalue weighted by molar-refractivity contribution is 5.82. The van der Waals surface area contributed by atoms with Crippen LogP contribution in [-0.4, -0.2) is 5.97 Å². The van der Waals surface area contributed by atoms with E-state index < -0.39 is 0 Å². The number of ether oxygens (including phenoxy) is 1. The van der Waals surface area contributed by atoms with Crippen LogP contribution in [-0.2, 0) is 9.53 Å². The maximum absolute atomic E-state index is 12.0. The van der Waals surface area contributed by atoms with Gasteiger partial charge in [-0.15, -0.1) is 0 Å². The number of unbranched alkanes of at least 4 members (excludes halogenated alkanes) is 31. The van der Waals surface area contributed by atoms with Crippen LogP contribution < -0.4 is 0 Å². The normalized spacial score (nSPS) is 15.7. The van der Waals surface area contributed by atoms with Crippen molar-refractivity contribution < 1.29 is 9.53 Å². The number of carbonyl (C=O) groups is 1. The molecule has 0 aromatic rings. The van der Waals surface area contributed by atoms with E-state index in [9.17, 15) is 4.79 Å². The summed E-state index contributed by atoms with van der Waals surface area (Å²) in [4.78, 5) is 12.0. The molecule has 1 fully saturated rings. The quantitative estimate of drug-likeness (QED) is 0.0372. The predicted molar refractivity (Wildman–Crippen MR) is 214 cm³/mol. The second-order valence-electron chi connectivity index (χ2n) is 15.1. The summed E-state index contributed by atoms with van der Waals surface area (Å²) >= 11 is 0. The van der Waals surface area contributed by atoms with E-state index in [0.717, 1.165) is 18.6 Å². The third-order valence-electron chi connectivity index (χ3n) is 10.4. The maximum atomic E-state index is 12.0. The Morgan fingerprint density at radius 3 is 1.00 bits per heavy atom. The molecule has 0 aromatic heterocycles. The lowest BCUT2D eigenvalue weighted by Crippen LogP contribution is -2.32. The Morgan fingerprint density at radius 1 is 0.396 bits per heavy atom. The molecular weight excluding hydrogens is 585 g/mol. The van der Waals surface area contributed by atoms with Crippen LogP contribution in [0.1, 0.15) is 245 Å². The number of rotatable bonds is 38. The van der Waals surface area contributed by atoms with Crippen LogP contribution in [0.2, 0.25) is 0 Å². The Morgan fingerprint density at radius 2 is 0.688 bits per heavy atom. The van der Waals surface area contributed by atoms with Gasteiger partial charge in [0, 0.05) is 0 Å².